The molecule has 146 valence electrons. The molecule has 0 saturated heterocycles. The Morgan fingerprint density at radius 2 is 2.14 bits per heavy atom. The van der Waals surface area contributed by atoms with Crippen molar-refractivity contribution in [2.24, 2.45) is 10.9 Å². The third kappa shape index (κ3) is 4.75. The Morgan fingerprint density at radius 3 is 2.93 bits per heavy atom. The van der Waals surface area contributed by atoms with Crippen LogP contribution in [0.2, 0.25) is 0 Å². The van der Waals surface area contributed by atoms with Crippen LogP contribution in [0.15, 0.2) is 52.0 Å². The summed E-state index contributed by atoms with van der Waals surface area (Å²) in [5, 5.41) is 2.83. The first-order valence-electron chi connectivity index (χ1n) is 8.87. The third-order valence-corrected chi connectivity index (χ3v) is 4.98. The second kappa shape index (κ2) is 8.97. The van der Waals surface area contributed by atoms with E-state index < -0.39 is 11.9 Å². The summed E-state index contributed by atoms with van der Waals surface area (Å²) in [5.74, 6) is -0.286. The highest BCUT2D eigenvalue weighted by Gasteiger charge is 2.36. The molecule has 0 radical (unpaired) electrons. The van der Waals surface area contributed by atoms with Gasteiger partial charge in [-0.3, -0.25) is 14.5 Å². The number of methoxy groups -OCH3 is 1. The van der Waals surface area contributed by atoms with Crippen molar-refractivity contribution in [2.45, 2.75) is 19.4 Å². The van der Waals surface area contributed by atoms with E-state index in [1.54, 1.807) is 25.3 Å². The molecule has 8 heteroatoms. The maximum absolute atomic E-state index is 12.6. The Balaban J connectivity index is 1.48. The molecule has 7 nitrogen and oxygen atoms in total. The Kier molecular flexibility index (Phi) is 6.41. The van der Waals surface area contributed by atoms with Crippen LogP contribution in [0.5, 0.6) is 5.75 Å². The number of hydrogen-bond donors (Lipinski definition) is 1. The summed E-state index contributed by atoms with van der Waals surface area (Å²) in [6.07, 6.45) is 5.72. The Labute approximate surface area is 171 Å². The number of ether oxygens (including phenoxy) is 1. The molecule has 1 N–H and O–H groups in total. The largest absolute Gasteiger partial charge is 0.497 e. The number of benzene rings is 1. The van der Waals surface area contributed by atoms with E-state index in [9.17, 15) is 14.4 Å². The van der Waals surface area contributed by atoms with Crippen molar-refractivity contribution in [3.63, 3.8) is 0 Å². The number of carbonyl (C=O) groups excluding carboxylic acids is 3. The molecule has 0 bridgehead atoms. The molecule has 1 aliphatic heterocycles. The van der Waals surface area contributed by atoms with E-state index in [2.05, 4.69) is 26.2 Å². The van der Waals surface area contributed by atoms with Crippen LogP contribution in [0.25, 0.3) is 0 Å². The molecule has 28 heavy (non-hydrogen) atoms. The van der Waals surface area contributed by atoms with Gasteiger partial charge in [-0.1, -0.05) is 34.1 Å². The highest BCUT2D eigenvalue weighted by molar-refractivity contribution is 9.11. The van der Waals surface area contributed by atoms with Gasteiger partial charge >= 0.3 is 6.03 Å². The number of aliphatic imine (C=N–C) groups is 1. The van der Waals surface area contributed by atoms with E-state index in [0.29, 0.717) is 18.7 Å². The van der Waals surface area contributed by atoms with Crippen LogP contribution in [-0.4, -0.2) is 42.1 Å². The maximum atomic E-state index is 12.6. The highest BCUT2D eigenvalue weighted by Crippen LogP contribution is 2.25. The van der Waals surface area contributed by atoms with Crippen molar-refractivity contribution in [3.8, 4) is 5.75 Å². The quantitative estimate of drug-likeness (QED) is 0.698. The summed E-state index contributed by atoms with van der Waals surface area (Å²) in [4.78, 5) is 41.9. The summed E-state index contributed by atoms with van der Waals surface area (Å²) in [6.45, 7) is 0.547. The van der Waals surface area contributed by atoms with Crippen LogP contribution in [0.1, 0.15) is 18.4 Å². The molecule has 0 aromatic heterocycles. The average Bonchev–Trinajstić information content (AvgIpc) is 2.69. The number of allylic oxidation sites excluding steroid dienone is 3. The number of imide groups is 1. The fraction of sp³-hybridized carbons (Fsp3) is 0.300. The Bertz CT molecular complexity index is 891. The summed E-state index contributed by atoms with van der Waals surface area (Å²) in [6, 6.07) is 6.86. The summed E-state index contributed by atoms with van der Waals surface area (Å²) >= 11 is 3.33. The maximum Gasteiger partial charge on any atom is 0.350 e. The van der Waals surface area contributed by atoms with E-state index in [-0.39, 0.29) is 24.8 Å². The van der Waals surface area contributed by atoms with Crippen molar-refractivity contribution in [3.05, 3.63) is 52.5 Å². The van der Waals surface area contributed by atoms with Gasteiger partial charge in [0, 0.05) is 24.0 Å². The summed E-state index contributed by atoms with van der Waals surface area (Å²) in [7, 11) is 1.59. The number of hydrogen-bond acceptors (Lipinski definition) is 4. The van der Waals surface area contributed by atoms with Gasteiger partial charge in [0.1, 0.15) is 11.7 Å². The second-order valence-corrected chi connectivity index (χ2v) is 7.32. The molecule has 1 unspecified atom stereocenters. The van der Waals surface area contributed by atoms with E-state index >= 15 is 0 Å². The van der Waals surface area contributed by atoms with Crippen molar-refractivity contribution >= 4 is 39.5 Å². The lowest BCUT2D eigenvalue weighted by Crippen LogP contribution is -2.46. The first-order chi connectivity index (χ1) is 13.5. The molecule has 1 atom stereocenters. The van der Waals surface area contributed by atoms with E-state index in [1.807, 2.05) is 24.3 Å². The van der Waals surface area contributed by atoms with Crippen LogP contribution in [0, 0.1) is 5.92 Å². The second-order valence-electron chi connectivity index (χ2n) is 6.40. The Hall–Kier alpha value is -2.74. The van der Waals surface area contributed by atoms with Gasteiger partial charge in [-0.25, -0.2) is 4.79 Å². The van der Waals surface area contributed by atoms with Gasteiger partial charge in [0.25, 0.3) is 0 Å². The molecule has 2 aliphatic rings. The van der Waals surface area contributed by atoms with Crippen LogP contribution >= 0.6 is 15.9 Å². The molecule has 0 spiro atoms. The van der Waals surface area contributed by atoms with Gasteiger partial charge in [0.15, 0.2) is 0 Å². The van der Waals surface area contributed by atoms with Gasteiger partial charge in [0.05, 0.1) is 12.8 Å². The molecular weight excluding hydrogens is 426 g/mol. The average molecular weight is 446 g/mol. The molecule has 3 rings (SSSR count). The molecular formula is C20H20BrN3O4. The molecule has 0 fully saturated rings. The van der Waals surface area contributed by atoms with Gasteiger partial charge in [-0.05, 0) is 36.3 Å². The first-order valence-corrected chi connectivity index (χ1v) is 9.66. The minimum atomic E-state index is -0.580. The van der Waals surface area contributed by atoms with Crippen molar-refractivity contribution in [1.29, 1.82) is 0 Å². The third-order valence-electron chi connectivity index (χ3n) is 4.45. The van der Waals surface area contributed by atoms with Crippen LogP contribution in [0.3, 0.4) is 0 Å². The minimum Gasteiger partial charge on any atom is -0.497 e. The van der Waals surface area contributed by atoms with Gasteiger partial charge in [0.2, 0.25) is 11.8 Å². The minimum absolute atomic E-state index is 0.146. The normalized spacial score (nSPS) is 18.4. The number of halogens is 1. The SMILES string of the molecule is COc1cccc(CNC(=O)CCCN2C(=O)N=C3C=CC(Br)=CC3C2=O)c1. The summed E-state index contributed by atoms with van der Waals surface area (Å²) in [5.41, 5.74) is 1.38. The lowest BCUT2D eigenvalue weighted by atomic mass is 9.95. The lowest BCUT2D eigenvalue weighted by Gasteiger charge is -2.28. The zero-order valence-electron chi connectivity index (χ0n) is 15.4. The van der Waals surface area contributed by atoms with Crippen molar-refractivity contribution in [1.82, 2.24) is 10.2 Å². The monoisotopic (exact) mass is 445 g/mol. The highest BCUT2D eigenvalue weighted by atomic mass is 79.9. The van der Waals surface area contributed by atoms with Gasteiger partial charge in [-0.15, -0.1) is 0 Å². The molecule has 0 saturated carbocycles. The van der Waals surface area contributed by atoms with E-state index in [0.717, 1.165) is 20.7 Å². The number of fused-ring (bicyclic) bond motifs is 1. The summed E-state index contributed by atoms with van der Waals surface area (Å²) < 4.78 is 5.93. The van der Waals surface area contributed by atoms with E-state index in [4.69, 9.17) is 4.74 Å². The standard InChI is InChI=1S/C20H20BrN3O4/c1-28-15-5-2-4-13(10-15)12-22-18(25)6-3-9-24-19(26)16-11-14(21)7-8-17(16)23-20(24)27/h2,4-5,7-8,10-11,16H,3,6,9,12H2,1H3,(H,22,25). The molecule has 1 heterocycles. The smallest absolute Gasteiger partial charge is 0.350 e. The number of nitrogens with zero attached hydrogens (tertiary/aromatic N) is 2. The number of carbonyl (C=O) groups is 3. The van der Waals surface area contributed by atoms with E-state index in [1.165, 1.54) is 0 Å². The number of amides is 4. The predicted octanol–water partition coefficient (Wildman–Crippen LogP) is 2.96. The zero-order valence-corrected chi connectivity index (χ0v) is 16.9. The fourth-order valence-electron chi connectivity index (χ4n) is 2.98. The first kappa shape index (κ1) is 20.0. The lowest BCUT2D eigenvalue weighted by molar-refractivity contribution is -0.130. The molecule has 1 aliphatic carbocycles. The number of urea groups is 1. The topological polar surface area (TPSA) is 88.1 Å². The molecule has 4 amide bonds. The van der Waals surface area contributed by atoms with Crippen molar-refractivity contribution < 1.29 is 19.1 Å². The number of nitrogens with one attached hydrogen (secondary N) is 1. The zero-order chi connectivity index (χ0) is 20.1. The molecule has 1 aromatic rings. The van der Waals surface area contributed by atoms with Gasteiger partial charge in [-0.2, -0.15) is 4.99 Å². The number of rotatable bonds is 7. The molecule has 1 aromatic carbocycles. The fourth-order valence-corrected chi connectivity index (χ4v) is 3.38. The predicted molar refractivity (Wildman–Crippen MR) is 108 cm³/mol. The van der Waals surface area contributed by atoms with Crippen LogP contribution < -0.4 is 10.1 Å². The van der Waals surface area contributed by atoms with Crippen LogP contribution in [-0.2, 0) is 16.1 Å². The van der Waals surface area contributed by atoms with Gasteiger partial charge < -0.3 is 10.1 Å². The van der Waals surface area contributed by atoms with Crippen LogP contribution in [0.4, 0.5) is 4.79 Å². The van der Waals surface area contributed by atoms with Crippen molar-refractivity contribution in [2.75, 3.05) is 13.7 Å². The Morgan fingerprint density at radius 1 is 1.32 bits per heavy atom.